The lowest BCUT2D eigenvalue weighted by atomic mass is 9.95. The van der Waals surface area contributed by atoms with E-state index in [1.54, 1.807) is 24.7 Å². The van der Waals surface area contributed by atoms with Crippen LogP contribution in [-0.4, -0.2) is 33.9 Å². The Morgan fingerprint density at radius 3 is 2.63 bits per heavy atom. The van der Waals surface area contributed by atoms with Gasteiger partial charge in [-0.2, -0.15) is 0 Å². The number of nitrogens with two attached hydrogens (primary N) is 1. The summed E-state index contributed by atoms with van der Waals surface area (Å²) in [5.41, 5.74) is 10.9. The first kappa shape index (κ1) is 19.8. The van der Waals surface area contributed by atoms with Crippen LogP contribution in [0.4, 0.5) is 17.2 Å². The van der Waals surface area contributed by atoms with Crippen LogP contribution in [0.3, 0.4) is 0 Å². The molecule has 1 amide bonds. The monoisotopic (exact) mass is 420 g/mol. The van der Waals surface area contributed by atoms with Crippen LogP contribution in [0.2, 0.25) is 5.15 Å². The number of hydrogen-bond acceptors (Lipinski definition) is 6. The van der Waals surface area contributed by atoms with Gasteiger partial charge < -0.3 is 16.0 Å². The van der Waals surface area contributed by atoms with Crippen LogP contribution in [-0.2, 0) is 0 Å². The van der Waals surface area contributed by atoms with E-state index in [4.69, 9.17) is 17.3 Å². The number of amides is 1. The topological polar surface area (TPSA) is 97.0 Å². The number of anilines is 3. The van der Waals surface area contributed by atoms with Gasteiger partial charge in [0.25, 0.3) is 5.91 Å². The second-order valence-electron chi connectivity index (χ2n) is 7.10. The van der Waals surface area contributed by atoms with Crippen molar-refractivity contribution >= 4 is 40.3 Å². The Balaban J connectivity index is 1.51. The normalized spacial score (nSPS) is 14.0. The van der Waals surface area contributed by atoms with Gasteiger partial charge in [0, 0.05) is 37.4 Å². The zero-order chi connectivity index (χ0) is 21.1. The number of nitrogens with one attached hydrogen (secondary N) is 1. The lowest BCUT2D eigenvalue weighted by molar-refractivity contribution is 0.102. The number of hydrogen-bond donors (Lipinski definition) is 2. The van der Waals surface area contributed by atoms with Crippen molar-refractivity contribution in [1.29, 1.82) is 0 Å². The zero-order valence-electron chi connectivity index (χ0n) is 16.5. The van der Waals surface area contributed by atoms with E-state index in [1.807, 2.05) is 24.3 Å². The maximum absolute atomic E-state index is 12.4. The quantitative estimate of drug-likeness (QED) is 0.661. The van der Waals surface area contributed by atoms with Crippen molar-refractivity contribution in [3.05, 3.63) is 77.0 Å². The van der Waals surface area contributed by atoms with E-state index < -0.39 is 0 Å². The van der Waals surface area contributed by atoms with Crippen molar-refractivity contribution in [2.24, 2.45) is 0 Å². The fraction of sp³-hybridized carbons (Fsp3) is 0.182. The van der Waals surface area contributed by atoms with Gasteiger partial charge in [0.2, 0.25) is 0 Å². The third-order valence-corrected chi connectivity index (χ3v) is 5.41. The summed E-state index contributed by atoms with van der Waals surface area (Å²) < 4.78 is 0. The van der Waals surface area contributed by atoms with E-state index >= 15 is 0 Å². The lowest BCUT2D eigenvalue weighted by Gasteiger charge is -2.31. The highest BCUT2D eigenvalue weighted by molar-refractivity contribution is 6.31. The Morgan fingerprint density at radius 2 is 1.90 bits per heavy atom. The maximum Gasteiger partial charge on any atom is 0.257 e. The van der Waals surface area contributed by atoms with Gasteiger partial charge in [-0.15, -0.1) is 0 Å². The van der Waals surface area contributed by atoms with Gasteiger partial charge in [-0.25, -0.2) is 9.97 Å². The van der Waals surface area contributed by atoms with Crippen LogP contribution in [0.1, 0.15) is 29.3 Å². The van der Waals surface area contributed by atoms with Crippen LogP contribution < -0.4 is 16.0 Å². The number of halogens is 1. The molecule has 7 nitrogen and oxygen atoms in total. The maximum atomic E-state index is 12.4. The molecule has 0 saturated carbocycles. The number of carbonyl (C=O) groups is 1. The number of pyridine rings is 1. The first-order chi connectivity index (χ1) is 14.5. The van der Waals surface area contributed by atoms with Gasteiger partial charge in [-0.3, -0.25) is 9.78 Å². The molecule has 1 aliphatic heterocycles. The van der Waals surface area contributed by atoms with Crippen LogP contribution in [0.25, 0.3) is 5.57 Å². The zero-order valence-corrected chi connectivity index (χ0v) is 17.2. The van der Waals surface area contributed by atoms with Crippen molar-refractivity contribution in [2.45, 2.75) is 13.3 Å². The van der Waals surface area contributed by atoms with Gasteiger partial charge in [0.15, 0.2) is 11.0 Å². The molecule has 8 heteroatoms. The average molecular weight is 421 g/mol. The summed E-state index contributed by atoms with van der Waals surface area (Å²) in [5.74, 6) is 0.433. The predicted octanol–water partition coefficient (Wildman–Crippen LogP) is 4.04. The Hall–Kier alpha value is -3.45. The first-order valence-corrected chi connectivity index (χ1v) is 9.92. The minimum atomic E-state index is -0.265. The van der Waals surface area contributed by atoms with E-state index in [0.717, 1.165) is 18.5 Å². The molecule has 0 aliphatic carbocycles. The standard InChI is InChI=1S/C22H21ClN6O/c1-14-7-11-29(21-20(23)26-9-10-27-21)13-18(14)15-2-4-16(5-3-15)28-22(30)17-6-8-25-12-19(17)24/h2-6,8-10,12H,7,11,13,24H2,1H3,(H,28,30). The summed E-state index contributed by atoms with van der Waals surface area (Å²) in [6.45, 7) is 3.69. The third kappa shape index (κ3) is 4.11. The molecule has 0 saturated heterocycles. The molecule has 0 fully saturated rings. The molecule has 0 bridgehead atoms. The SMILES string of the molecule is CC1=C(c2ccc(NC(=O)c3ccncc3N)cc2)CN(c2nccnc2Cl)CC1. The number of carbonyl (C=O) groups excluding carboxylic acids is 1. The molecule has 0 radical (unpaired) electrons. The van der Waals surface area contributed by atoms with Crippen LogP contribution in [0, 0.1) is 0 Å². The Bertz CT molecular complexity index is 1110. The Labute approximate surface area is 179 Å². The molecule has 2 aromatic heterocycles. The molecule has 0 unspecified atom stereocenters. The Kier molecular flexibility index (Phi) is 5.63. The third-order valence-electron chi connectivity index (χ3n) is 5.14. The van der Waals surface area contributed by atoms with Crippen molar-refractivity contribution in [1.82, 2.24) is 15.0 Å². The summed E-state index contributed by atoms with van der Waals surface area (Å²) in [4.78, 5) is 27.0. The second-order valence-corrected chi connectivity index (χ2v) is 7.45. The minimum absolute atomic E-state index is 0.265. The van der Waals surface area contributed by atoms with Crippen LogP contribution >= 0.6 is 11.6 Å². The van der Waals surface area contributed by atoms with E-state index in [2.05, 4.69) is 32.1 Å². The van der Waals surface area contributed by atoms with Crippen molar-refractivity contribution < 1.29 is 4.79 Å². The van der Waals surface area contributed by atoms with Gasteiger partial charge >= 0.3 is 0 Å². The Morgan fingerprint density at radius 1 is 1.13 bits per heavy atom. The second kappa shape index (κ2) is 8.51. The highest BCUT2D eigenvalue weighted by Gasteiger charge is 2.21. The number of nitrogens with zero attached hydrogens (tertiary/aromatic N) is 4. The van der Waals surface area contributed by atoms with E-state index in [0.29, 0.717) is 34.5 Å². The van der Waals surface area contributed by atoms with Crippen molar-refractivity contribution in [3.63, 3.8) is 0 Å². The molecular weight excluding hydrogens is 400 g/mol. The molecule has 0 atom stereocenters. The largest absolute Gasteiger partial charge is 0.397 e. The van der Waals surface area contributed by atoms with E-state index in [1.165, 1.54) is 17.3 Å². The predicted molar refractivity (Wildman–Crippen MR) is 120 cm³/mol. The molecule has 30 heavy (non-hydrogen) atoms. The number of aromatic nitrogens is 3. The summed E-state index contributed by atoms with van der Waals surface area (Å²) in [5, 5.41) is 3.28. The summed E-state index contributed by atoms with van der Waals surface area (Å²) in [7, 11) is 0. The molecule has 4 rings (SSSR count). The van der Waals surface area contributed by atoms with Gasteiger partial charge in [-0.05, 0) is 42.7 Å². The van der Waals surface area contributed by atoms with E-state index in [-0.39, 0.29) is 5.91 Å². The molecule has 3 heterocycles. The highest BCUT2D eigenvalue weighted by atomic mass is 35.5. The average Bonchev–Trinajstić information content (AvgIpc) is 2.75. The number of nitrogen functional groups attached to an aromatic ring is 1. The van der Waals surface area contributed by atoms with Gasteiger partial charge in [-0.1, -0.05) is 29.3 Å². The van der Waals surface area contributed by atoms with Crippen molar-refractivity contribution in [2.75, 3.05) is 29.0 Å². The summed E-state index contributed by atoms with van der Waals surface area (Å²) >= 11 is 6.23. The fourth-order valence-electron chi connectivity index (χ4n) is 3.47. The molecular formula is C22H21ClN6O. The minimum Gasteiger partial charge on any atom is -0.397 e. The van der Waals surface area contributed by atoms with Gasteiger partial charge in [0.1, 0.15) is 0 Å². The molecule has 0 spiro atoms. The highest BCUT2D eigenvalue weighted by Crippen LogP contribution is 2.31. The number of rotatable bonds is 4. The van der Waals surface area contributed by atoms with Crippen LogP contribution in [0.15, 0.2) is 60.7 Å². The van der Waals surface area contributed by atoms with E-state index in [9.17, 15) is 4.79 Å². The molecule has 3 N–H and O–H groups in total. The molecule has 1 aromatic carbocycles. The summed E-state index contributed by atoms with van der Waals surface area (Å²) in [6, 6.07) is 9.39. The van der Waals surface area contributed by atoms with Gasteiger partial charge in [0.05, 0.1) is 17.4 Å². The number of benzene rings is 1. The molecule has 152 valence electrons. The smallest absolute Gasteiger partial charge is 0.257 e. The van der Waals surface area contributed by atoms with Crippen LogP contribution in [0.5, 0.6) is 0 Å². The summed E-state index contributed by atoms with van der Waals surface area (Å²) in [6.07, 6.45) is 7.17. The first-order valence-electron chi connectivity index (χ1n) is 9.54. The van der Waals surface area contributed by atoms with Crippen molar-refractivity contribution in [3.8, 4) is 0 Å². The molecule has 3 aromatic rings. The lowest BCUT2D eigenvalue weighted by Crippen LogP contribution is -2.31. The fourth-order valence-corrected chi connectivity index (χ4v) is 3.69. The molecule has 1 aliphatic rings.